The van der Waals surface area contributed by atoms with Gasteiger partial charge in [0.1, 0.15) is 23.3 Å². The van der Waals surface area contributed by atoms with E-state index in [1.807, 2.05) is 24.3 Å². The lowest BCUT2D eigenvalue weighted by molar-refractivity contribution is -0.385. The van der Waals surface area contributed by atoms with E-state index in [9.17, 15) is 19.3 Å². The van der Waals surface area contributed by atoms with Crippen LogP contribution in [0.25, 0.3) is 17.1 Å². The molecule has 2 unspecified atom stereocenters. The number of carbonyl (C=O) groups excluding carboxylic acids is 1. The first-order valence-corrected chi connectivity index (χ1v) is 10.8. The molecule has 0 spiro atoms. The Balaban J connectivity index is 1.61. The number of aromatic nitrogens is 2. The molecule has 0 saturated carbocycles. The first kappa shape index (κ1) is 23.4. The third-order valence-corrected chi connectivity index (χ3v) is 5.28. The van der Waals surface area contributed by atoms with Crippen LogP contribution in [0.2, 0.25) is 0 Å². The number of ether oxygens (including phenoxy) is 2. The number of halogens is 1. The molecule has 1 fully saturated rings. The fourth-order valence-corrected chi connectivity index (χ4v) is 3.73. The summed E-state index contributed by atoms with van der Waals surface area (Å²) in [6, 6.07) is 10.6. The Morgan fingerprint density at radius 2 is 2.06 bits per heavy atom. The quantitative estimate of drug-likeness (QED) is 0.426. The van der Waals surface area contributed by atoms with E-state index < -0.39 is 34.6 Å². The maximum Gasteiger partial charge on any atom is 0.411 e. The largest absolute Gasteiger partial charge is 0.444 e. The number of rotatable bonds is 4. The van der Waals surface area contributed by atoms with Gasteiger partial charge in [-0.2, -0.15) is 0 Å². The van der Waals surface area contributed by atoms with Gasteiger partial charge in [0, 0.05) is 6.07 Å². The van der Waals surface area contributed by atoms with Crippen molar-refractivity contribution in [1.29, 1.82) is 0 Å². The van der Waals surface area contributed by atoms with Crippen molar-refractivity contribution in [2.24, 2.45) is 0 Å². The number of fused-ring (bicyclic) bond motifs is 1. The van der Waals surface area contributed by atoms with Crippen molar-refractivity contribution in [3.8, 4) is 0 Å². The van der Waals surface area contributed by atoms with Crippen molar-refractivity contribution >= 4 is 28.9 Å². The third kappa shape index (κ3) is 5.07. The number of imidazole rings is 1. The summed E-state index contributed by atoms with van der Waals surface area (Å²) in [5.41, 5.74) is 0.369. The molecular formula is C24H25FN4O5. The van der Waals surface area contributed by atoms with Crippen molar-refractivity contribution in [2.75, 3.05) is 13.2 Å². The molecule has 1 aromatic heterocycles. The highest BCUT2D eigenvalue weighted by Crippen LogP contribution is 2.29. The topological polar surface area (TPSA) is 111 Å². The number of H-pyrrole nitrogens is 1. The first-order chi connectivity index (χ1) is 16.1. The van der Waals surface area contributed by atoms with Crippen molar-refractivity contribution in [1.82, 2.24) is 14.9 Å². The molecule has 2 atom stereocenters. The molecule has 0 radical (unpaired) electrons. The van der Waals surface area contributed by atoms with Crippen LogP contribution in [0.1, 0.15) is 38.2 Å². The van der Waals surface area contributed by atoms with Gasteiger partial charge in [0.05, 0.1) is 40.8 Å². The number of nitro benzene ring substituents is 1. The van der Waals surface area contributed by atoms with Crippen LogP contribution in [0.3, 0.4) is 0 Å². The zero-order valence-corrected chi connectivity index (χ0v) is 19.0. The highest BCUT2D eigenvalue weighted by Gasteiger charge is 2.37. The van der Waals surface area contributed by atoms with Gasteiger partial charge in [-0.05, 0) is 45.0 Å². The second kappa shape index (κ2) is 9.22. The van der Waals surface area contributed by atoms with Crippen molar-refractivity contribution < 1.29 is 23.6 Å². The Morgan fingerprint density at radius 3 is 2.76 bits per heavy atom. The molecular weight excluding hydrogens is 443 g/mol. The van der Waals surface area contributed by atoms with E-state index in [1.165, 1.54) is 29.2 Å². The Kier molecular flexibility index (Phi) is 6.34. The summed E-state index contributed by atoms with van der Waals surface area (Å²) < 4.78 is 25.8. The Bertz CT molecular complexity index is 1220. The van der Waals surface area contributed by atoms with Crippen molar-refractivity contribution in [2.45, 2.75) is 38.5 Å². The number of morpholine rings is 1. The van der Waals surface area contributed by atoms with Crippen molar-refractivity contribution in [3.05, 3.63) is 75.9 Å². The molecule has 1 saturated heterocycles. The number of para-hydroxylation sites is 2. The summed E-state index contributed by atoms with van der Waals surface area (Å²) in [7, 11) is 0. The zero-order valence-electron chi connectivity index (χ0n) is 19.0. The molecule has 2 aromatic carbocycles. The van der Waals surface area contributed by atoms with Gasteiger partial charge < -0.3 is 14.5 Å². The van der Waals surface area contributed by atoms with E-state index in [1.54, 1.807) is 20.8 Å². The van der Waals surface area contributed by atoms with Crippen LogP contribution in [0.5, 0.6) is 0 Å². The average molecular weight is 468 g/mol. The number of nitro groups is 1. The molecule has 10 heteroatoms. The summed E-state index contributed by atoms with van der Waals surface area (Å²) in [6.45, 7) is 5.52. The average Bonchev–Trinajstić information content (AvgIpc) is 3.21. The Morgan fingerprint density at radius 1 is 1.29 bits per heavy atom. The fourth-order valence-electron chi connectivity index (χ4n) is 3.73. The lowest BCUT2D eigenvalue weighted by atomic mass is 10.1. The number of benzene rings is 2. The smallest absolute Gasteiger partial charge is 0.411 e. The van der Waals surface area contributed by atoms with E-state index in [0.717, 1.165) is 17.1 Å². The summed E-state index contributed by atoms with van der Waals surface area (Å²) in [6.07, 6.45) is 1.65. The predicted molar refractivity (Wildman–Crippen MR) is 124 cm³/mol. The van der Waals surface area contributed by atoms with Gasteiger partial charge in [0.2, 0.25) is 0 Å². The van der Waals surface area contributed by atoms with E-state index in [4.69, 9.17) is 9.47 Å². The van der Waals surface area contributed by atoms with E-state index in [-0.39, 0.29) is 24.4 Å². The van der Waals surface area contributed by atoms with Gasteiger partial charge in [-0.1, -0.05) is 24.3 Å². The second-order valence-corrected chi connectivity index (χ2v) is 8.95. The molecule has 1 aliphatic rings. The van der Waals surface area contributed by atoms with Gasteiger partial charge >= 0.3 is 6.09 Å². The maximum atomic E-state index is 14.2. The summed E-state index contributed by atoms with van der Waals surface area (Å²) >= 11 is 0. The van der Waals surface area contributed by atoms with Crippen LogP contribution in [0, 0.1) is 15.9 Å². The molecule has 0 aliphatic carbocycles. The van der Waals surface area contributed by atoms with Gasteiger partial charge in [0.15, 0.2) is 0 Å². The van der Waals surface area contributed by atoms with Crippen LogP contribution in [0.15, 0.2) is 48.5 Å². The van der Waals surface area contributed by atoms with E-state index >= 15 is 0 Å². The molecule has 1 N–H and O–H groups in total. The molecule has 0 bridgehead atoms. The number of carbonyl (C=O) groups is 1. The normalized spacial score (nSPS) is 19.0. The van der Waals surface area contributed by atoms with E-state index in [0.29, 0.717) is 5.82 Å². The van der Waals surface area contributed by atoms with Crippen LogP contribution in [-0.4, -0.2) is 50.7 Å². The number of aromatic amines is 1. The number of hydrogen-bond acceptors (Lipinski definition) is 6. The second-order valence-electron chi connectivity index (χ2n) is 8.95. The molecule has 9 nitrogen and oxygen atoms in total. The minimum Gasteiger partial charge on any atom is -0.444 e. The van der Waals surface area contributed by atoms with Crippen LogP contribution < -0.4 is 0 Å². The maximum absolute atomic E-state index is 14.2. The zero-order chi connectivity index (χ0) is 24.5. The SMILES string of the molecule is CC(C)(C)OC(=O)N1CC(/C=C/c2c(F)cccc2[N+](=O)[O-])OCC1c1nc2ccccc2[nH]1. The summed E-state index contributed by atoms with van der Waals surface area (Å²) in [5, 5.41) is 11.3. The van der Waals surface area contributed by atoms with Gasteiger partial charge in [-0.15, -0.1) is 0 Å². The summed E-state index contributed by atoms with van der Waals surface area (Å²) in [5.74, 6) is -0.162. The molecule has 34 heavy (non-hydrogen) atoms. The number of nitrogens with zero attached hydrogens (tertiary/aromatic N) is 3. The van der Waals surface area contributed by atoms with Crippen LogP contribution >= 0.6 is 0 Å². The number of nitrogens with one attached hydrogen (secondary N) is 1. The van der Waals surface area contributed by atoms with Crippen LogP contribution in [-0.2, 0) is 9.47 Å². The Labute approximate surface area is 195 Å². The fraction of sp³-hybridized carbons (Fsp3) is 0.333. The van der Waals surface area contributed by atoms with Gasteiger partial charge in [-0.3, -0.25) is 15.0 Å². The monoisotopic (exact) mass is 468 g/mol. The summed E-state index contributed by atoms with van der Waals surface area (Å²) in [4.78, 5) is 33.0. The number of amides is 1. The minimum atomic E-state index is -0.717. The van der Waals surface area contributed by atoms with Crippen LogP contribution in [0.4, 0.5) is 14.9 Å². The molecule has 2 heterocycles. The number of hydrogen-bond donors (Lipinski definition) is 1. The predicted octanol–water partition coefficient (Wildman–Crippen LogP) is 5.00. The van der Waals surface area contributed by atoms with Gasteiger partial charge in [0.25, 0.3) is 5.69 Å². The highest BCUT2D eigenvalue weighted by atomic mass is 19.1. The first-order valence-electron chi connectivity index (χ1n) is 10.8. The third-order valence-electron chi connectivity index (χ3n) is 5.28. The standard InChI is InChI=1S/C24H25FN4O5/c1-24(2,3)34-23(30)28-13-15(11-12-16-17(25)7-6-10-20(16)29(31)32)33-14-21(28)22-26-18-8-4-5-9-19(18)27-22/h4-12,15,21H,13-14H2,1-3H3,(H,26,27)/b12-11+. The highest BCUT2D eigenvalue weighted by molar-refractivity contribution is 5.75. The minimum absolute atomic E-state index is 0.0926. The Hall–Kier alpha value is -3.79. The molecule has 1 amide bonds. The van der Waals surface area contributed by atoms with Gasteiger partial charge in [-0.25, -0.2) is 14.2 Å². The lowest BCUT2D eigenvalue weighted by Crippen LogP contribution is -2.49. The molecule has 1 aliphatic heterocycles. The van der Waals surface area contributed by atoms with Crippen molar-refractivity contribution in [3.63, 3.8) is 0 Å². The molecule has 3 aromatic rings. The molecule has 4 rings (SSSR count). The lowest BCUT2D eigenvalue weighted by Gasteiger charge is -2.38. The van der Waals surface area contributed by atoms with E-state index in [2.05, 4.69) is 9.97 Å². The molecule has 178 valence electrons.